The highest BCUT2D eigenvalue weighted by atomic mass is 16.5. The molecule has 1 aliphatic rings. The van der Waals surface area contributed by atoms with Gasteiger partial charge in [0.1, 0.15) is 5.56 Å². The molecule has 0 atom stereocenters. The van der Waals surface area contributed by atoms with Crippen molar-refractivity contribution in [2.45, 2.75) is 58.9 Å². The van der Waals surface area contributed by atoms with Crippen LogP contribution in [0.2, 0.25) is 0 Å². The lowest BCUT2D eigenvalue weighted by Gasteiger charge is -2.31. The van der Waals surface area contributed by atoms with Gasteiger partial charge in [-0.05, 0) is 33.6 Å². The van der Waals surface area contributed by atoms with Crippen LogP contribution in [0.5, 0.6) is 0 Å². The molecule has 1 saturated carbocycles. The number of hydrogen-bond acceptors (Lipinski definition) is 4. The van der Waals surface area contributed by atoms with Crippen molar-refractivity contribution in [1.82, 2.24) is 10.2 Å². The van der Waals surface area contributed by atoms with Crippen molar-refractivity contribution in [3.63, 3.8) is 0 Å². The van der Waals surface area contributed by atoms with Crippen LogP contribution in [0.15, 0.2) is 6.20 Å². The zero-order valence-corrected chi connectivity index (χ0v) is 13.6. The van der Waals surface area contributed by atoms with Crippen LogP contribution in [0.25, 0.3) is 0 Å². The molecule has 0 spiro atoms. The van der Waals surface area contributed by atoms with Gasteiger partial charge in [-0.15, -0.1) is 0 Å². The second-order valence-electron chi connectivity index (χ2n) is 5.98. The number of amides is 1. The first kappa shape index (κ1) is 16.5. The van der Waals surface area contributed by atoms with E-state index in [4.69, 9.17) is 4.74 Å². The van der Waals surface area contributed by atoms with Gasteiger partial charge in [0.25, 0.3) is 0 Å². The predicted octanol–water partition coefficient (Wildman–Crippen LogP) is 2.91. The van der Waals surface area contributed by atoms with Crippen molar-refractivity contribution < 1.29 is 14.3 Å². The van der Waals surface area contributed by atoms with Gasteiger partial charge < -0.3 is 4.74 Å². The monoisotopic (exact) mass is 307 g/mol. The van der Waals surface area contributed by atoms with Gasteiger partial charge in [0.15, 0.2) is 5.82 Å². The van der Waals surface area contributed by atoms with Crippen LogP contribution in [-0.2, 0) is 9.53 Å². The van der Waals surface area contributed by atoms with E-state index in [1.807, 2.05) is 13.8 Å². The molecule has 1 fully saturated rings. The van der Waals surface area contributed by atoms with Crippen molar-refractivity contribution in [2.24, 2.45) is 5.92 Å². The minimum atomic E-state index is -0.451. The fourth-order valence-corrected chi connectivity index (χ4v) is 2.98. The first-order valence-electron chi connectivity index (χ1n) is 8.10. The fourth-order valence-electron chi connectivity index (χ4n) is 2.98. The molecule has 0 saturated heterocycles. The number of esters is 1. The molecule has 6 nitrogen and oxygen atoms in total. The van der Waals surface area contributed by atoms with E-state index in [-0.39, 0.29) is 17.9 Å². The SMILES string of the molecule is CCOC(=O)c1c[nH]nc1N(C(=O)C1CCCCC1)C(C)C. The van der Waals surface area contributed by atoms with Gasteiger partial charge >= 0.3 is 5.97 Å². The lowest BCUT2D eigenvalue weighted by Crippen LogP contribution is -2.42. The van der Waals surface area contributed by atoms with Gasteiger partial charge in [-0.25, -0.2) is 4.79 Å². The molecule has 1 amide bonds. The highest BCUT2D eigenvalue weighted by molar-refractivity contribution is 6.02. The Hall–Kier alpha value is -1.85. The van der Waals surface area contributed by atoms with E-state index < -0.39 is 5.97 Å². The number of rotatable bonds is 5. The highest BCUT2D eigenvalue weighted by Crippen LogP contribution is 2.29. The zero-order chi connectivity index (χ0) is 16.1. The number of aromatic nitrogens is 2. The predicted molar refractivity (Wildman–Crippen MR) is 83.7 cm³/mol. The largest absolute Gasteiger partial charge is 0.462 e. The third-order valence-corrected chi connectivity index (χ3v) is 4.05. The number of nitrogens with one attached hydrogen (secondary N) is 1. The summed E-state index contributed by atoms with van der Waals surface area (Å²) in [5.74, 6) is 0.0209. The first-order valence-corrected chi connectivity index (χ1v) is 8.10. The number of anilines is 1. The van der Waals surface area contributed by atoms with E-state index in [0.29, 0.717) is 18.0 Å². The summed E-state index contributed by atoms with van der Waals surface area (Å²) in [7, 11) is 0. The first-order chi connectivity index (χ1) is 10.6. The number of aromatic amines is 1. The molecule has 1 aliphatic carbocycles. The summed E-state index contributed by atoms with van der Waals surface area (Å²) in [5.41, 5.74) is 0.319. The van der Waals surface area contributed by atoms with Gasteiger partial charge in [0.2, 0.25) is 5.91 Å². The van der Waals surface area contributed by atoms with E-state index in [0.717, 1.165) is 25.7 Å². The summed E-state index contributed by atoms with van der Waals surface area (Å²) in [5, 5.41) is 6.82. The van der Waals surface area contributed by atoms with Crippen LogP contribution in [-0.4, -0.2) is 34.7 Å². The van der Waals surface area contributed by atoms with Gasteiger partial charge in [-0.3, -0.25) is 14.8 Å². The maximum Gasteiger partial charge on any atom is 0.343 e. The molecule has 0 aromatic carbocycles. The lowest BCUT2D eigenvalue weighted by atomic mass is 9.88. The molecule has 1 aromatic rings. The van der Waals surface area contributed by atoms with Crippen LogP contribution < -0.4 is 4.90 Å². The van der Waals surface area contributed by atoms with Crippen LogP contribution in [0.3, 0.4) is 0 Å². The van der Waals surface area contributed by atoms with Crippen LogP contribution in [0.4, 0.5) is 5.82 Å². The second kappa shape index (κ2) is 7.42. The molecular weight excluding hydrogens is 282 g/mol. The van der Waals surface area contributed by atoms with E-state index >= 15 is 0 Å². The molecule has 0 aliphatic heterocycles. The molecule has 22 heavy (non-hydrogen) atoms. The molecule has 2 rings (SSSR count). The Balaban J connectivity index is 2.26. The van der Waals surface area contributed by atoms with Crippen molar-refractivity contribution >= 4 is 17.7 Å². The molecule has 0 radical (unpaired) electrons. The highest BCUT2D eigenvalue weighted by Gasteiger charge is 2.32. The Morgan fingerprint density at radius 1 is 1.36 bits per heavy atom. The van der Waals surface area contributed by atoms with Crippen LogP contribution in [0.1, 0.15) is 63.2 Å². The molecule has 0 unspecified atom stereocenters. The summed E-state index contributed by atoms with van der Waals surface area (Å²) in [6, 6.07) is -0.0640. The molecule has 6 heteroatoms. The van der Waals surface area contributed by atoms with Crippen molar-refractivity contribution in [1.29, 1.82) is 0 Å². The minimum absolute atomic E-state index is 0.0305. The Kier molecular flexibility index (Phi) is 5.57. The summed E-state index contributed by atoms with van der Waals surface area (Å²) in [4.78, 5) is 26.6. The Morgan fingerprint density at radius 2 is 2.05 bits per heavy atom. The molecule has 1 N–H and O–H groups in total. The van der Waals surface area contributed by atoms with E-state index in [9.17, 15) is 9.59 Å². The molecular formula is C16H25N3O3. The van der Waals surface area contributed by atoms with Gasteiger partial charge in [-0.2, -0.15) is 5.10 Å². The van der Waals surface area contributed by atoms with Gasteiger partial charge in [0, 0.05) is 18.2 Å². The number of carbonyl (C=O) groups is 2. The summed E-state index contributed by atoms with van der Waals surface area (Å²) >= 11 is 0. The zero-order valence-electron chi connectivity index (χ0n) is 13.6. The van der Waals surface area contributed by atoms with Gasteiger partial charge in [-0.1, -0.05) is 19.3 Å². The average molecular weight is 307 g/mol. The van der Waals surface area contributed by atoms with E-state index in [1.54, 1.807) is 11.8 Å². The Morgan fingerprint density at radius 3 is 2.64 bits per heavy atom. The smallest absolute Gasteiger partial charge is 0.343 e. The minimum Gasteiger partial charge on any atom is -0.462 e. The maximum absolute atomic E-state index is 12.9. The average Bonchev–Trinajstić information content (AvgIpc) is 2.97. The van der Waals surface area contributed by atoms with Crippen LogP contribution >= 0.6 is 0 Å². The van der Waals surface area contributed by atoms with Gasteiger partial charge in [0.05, 0.1) is 6.61 Å². The maximum atomic E-state index is 12.9. The summed E-state index contributed by atoms with van der Waals surface area (Å²) < 4.78 is 5.05. The standard InChI is InChI=1S/C16H25N3O3/c1-4-22-16(21)13-10-17-18-14(13)19(11(2)3)15(20)12-8-6-5-7-9-12/h10-12H,4-9H2,1-3H3,(H,17,18). The van der Waals surface area contributed by atoms with Crippen molar-refractivity contribution in [2.75, 3.05) is 11.5 Å². The normalized spacial score (nSPS) is 15.8. The lowest BCUT2D eigenvalue weighted by molar-refractivity contribution is -0.123. The number of hydrogen-bond donors (Lipinski definition) is 1. The third kappa shape index (κ3) is 3.48. The van der Waals surface area contributed by atoms with Crippen molar-refractivity contribution in [3.05, 3.63) is 11.8 Å². The molecule has 1 heterocycles. The van der Waals surface area contributed by atoms with Crippen molar-refractivity contribution in [3.8, 4) is 0 Å². The number of nitrogens with zero attached hydrogens (tertiary/aromatic N) is 2. The molecule has 0 bridgehead atoms. The number of H-pyrrole nitrogens is 1. The quantitative estimate of drug-likeness (QED) is 0.849. The van der Waals surface area contributed by atoms with E-state index in [1.165, 1.54) is 12.6 Å². The van der Waals surface area contributed by atoms with E-state index in [2.05, 4.69) is 10.2 Å². The number of carbonyl (C=O) groups excluding carboxylic acids is 2. The summed E-state index contributed by atoms with van der Waals surface area (Å²) in [6.07, 6.45) is 6.71. The second-order valence-corrected chi connectivity index (χ2v) is 5.98. The Labute approximate surface area is 131 Å². The molecule has 122 valence electrons. The Bertz CT molecular complexity index is 518. The molecule has 1 aromatic heterocycles. The fraction of sp³-hybridized carbons (Fsp3) is 0.688. The third-order valence-electron chi connectivity index (χ3n) is 4.05. The topological polar surface area (TPSA) is 75.3 Å². The summed E-state index contributed by atoms with van der Waals surface area (Å²) in [6.45, 7) is 5.92. The number of ether oxygens (including phenoxy) is 1. The van der Waals surface area contributed by atoms with Crippen LogP contribution in [0, 0.1) is 5.92 Å².